The average Bonchev–Trinajstić information content (AvgIpc) is 2.35. The van der Waals surface area contributed by atoms with Crippen LogP contribution in [0.15, 0.2) is 24.3 Å². The molecule has 2 nitrogen and oxygen atoms in total. The van der Waals surface area contributed by atoms with Crippen molar-refractivity contribution in [3.05, 3.63) is 35.4 Å². The molecule has 1 aromatic rings. The summed E-state index contributed by atoms with van der Waals surface area (Å²) in [5, 5.41) is 12.0. The molecule has 1 unspecified atom stereocenters. The molecule has 0 amide bonds. The van der Waals surface area contributed by atoms with Gasteiger partial charge < -0.3 is 5.32 Å². The minimum atomic E-state index is -4.31. The van der Waals surface area contributed by atoms with Gasteiger partial charge in [0, 0.05) is 12.6 Å². The number of hydrogen-bond acceptors (Lipinski definition) is 2. The molecule has 0 aromatic heterocycles. The summed E-state index contributed by atoms with van der Waals surface area (Å²) in [5.74, 6) is 0. The van der Waals surface area contributed by atoms with Crippen LogP contribution in [0.4, 0.5) is 13.2 Å². The van der Waals surface area contributed by atoms with Gasteiger partial charge in [-0.25, -0.2) is 0 Å². The van der Waals surface area contributed by atoms with Crippen LogP contribution in [0.1, 0.15) is 37.9 Å². The third-order valence-electron chi connectivity index (χ3n) is 2.89. The predicted molar refractivity (Wildman–Crippen MR) is 67.3 cm³/mol. The smallest absolute Gasteiger partial charge is 0.309 e. The summed E-state index contributed by atoms with van der Waals surface area (Å²) >= 11 is 0. The summed E-state index contributed by atoms with van der Waals surface area (Å²) in [4.78, 5) is 0. The maximum absolute atomic E-state index is 12.4. The Hall–Kier alpha value is -1.54. The van der Waals surface area contributed by atoms with E-state index in [0.717, 1.165) is 17.7 Å². The van der Waals surface area contributed by atoms with Gasteiger partial charge in [0.25, 0.3) is 0 Å². The Bertz CT molecular complexity index is 455. The van der Waals surface area contributed by atoms with Crippen LogP contribution in [0.3, 0.4) is 0 Å². The molecule has 0 heterocycles. The lowest BCUT2D eigenvalue weighted by Gasteiger charge is -2.21. The van der Waals surface area contributed by atoms with Gasteiger partial charge in [-0.15, -0.1) is 0 Å². The van der Waals surface area contributed by atoms with E-state index in [1.165, 1.54) is 12.1 Å². The van der Waals surface area contributed by atoms with Gasteiger partial charge in [-0.3, -0.25) is 0 Å². The third kappa shape index (κ3) is 4.56. The van der Waals surface area contributed by atoms with Gasteiger partial charge in [-0.2, -0.15) is 18.4 Å². The minimum Gasteiger partial charge on any atom is -0.309 e. The van der Waals surface area contributed by atoms with E-state index < -0.39 is 17.2 Å². The second-order valence-electron chi connectivity index (χ2n) is 5.22. The monoisotopic (exact) mass is 270 g/mol. The van der Waals surface area contributed by atoms with Crippen LogP contribution in [-0.2, 0) is 6.18 Å². The second-order valence-corrected chi connectivity index (χ2v) is 5.22. The summed E-state index contributed by atoms with van der Waals surface area (Å²) in [5.41, 5.74) is -0.386. The fourth-order valence-electron chi connectivity index (χ4n) is 1.53. The van der Waals surface area contributed by atoms with Crippen molar-refractivity contribution in [2.75, 3.05) is 6.54 Å². The maximum Gasteiger partial charge on any atom is 0.416 e. The van der Waals surface area contributed by atoms with Crippen molar-refractivity contribution in [1.82, 2.24) is 5.32 Å². The quantitative estimate of drug-likeness (QED) is 0.900. The number of nitrogens with zero attached hydrogens (tertiary/aromatic N) is 1. The van der Waals surface area contributed by atoms with Gasteiger partial charge in [0.2, 0.25) is 0 Å². The fraction of sp³-hybridized carbons (Fsp3) is 0.500. The number of rotatable bonds is 4. The Morgan fingerprint density at radius 1 is 1.21 bits per heavy atom. The molecule has 0 spiro atoms. The lowest BCUT2D eigenvalue weighted by atomic mass is 9.95. The Balaban J connectivity index is 2.69. The van der Waals surface area contributed by atoms with Gasteiger partial charge in [-0.05, 0) is 38.5 Å². The Morgan fingerprint density at radius 2 is 1.74 bits per heavy atom. The standard InChI is InChI=1S/C14H17F3N2/c1-10(19-9-13(2,3)8-18)11-4-6-12(7-5-11)14(15,16)17/h4-7,10,19H,9H2,1-3H3. The van der Waals surface area contributed by atoms with Crippen LogP contribution >= 0.6 is 0 Å². The maximum atomic E-state index is 12.4. The van der Waals surface area contributed by atoms with Gasteiger partial charge in [0.15, 0.2) is 0 Å². The number of alkyl halides is 3. The largest absolute Gasteiger partial charge is 0.416 e. The second kappa shape index (κ2) is 5.62. The summed E-state index contributed by atoms with van der Waals surface area (Å²) in [7, 11) is 0. The summed E-state index contributed by atoms with van der Waals surface area (Å²) in [6, 6.07) is 7.13. The molecule has 1 rings (SSSR count). The molecule has 19 heavy (non-hydrogen) atoms. The first-order valence-electron chi connectivity index (χ1n) is 5.97. The van der Waals surface area contributed by atoms with E-state index in [-0.39, 0.29) is 6.04 Å². The molecule has 0 saturated carbocycles. The highest BCUT2D eigenvalue weighted by Crippen LogP contribution is 2.30. The van der Waals surface area contributed by atoms with Gasteiger partial charge in [-0.1, -0.05) is 12.1 Å². The third-order valence-corrected chi connectivity index (χ3v) is 2.89. The minimum absolute atomic E-state index is 0.102. The number of nitriles is 1. The average molecular weight is 270 g/mol. The van der Waals surface area contributed by atoms with E-state index in [1.807, 2.05) is 6.92 Å². The Morgan fingerprint density at radius 3 is 2.16 bits per heavy atom. The topological polar surface area (TPSA) is 35.8 Å². The van der Waals surface area contributed by atoms with Crippen LogP contribution < -0.4 is 5.32 Å². The van der Waals surface area contributed by atoms with Crippen molar-refractivity contribution >= 4 is 0 Å². The molecule has 0 aliphatic heterocycles. The zero-order chi connectivity index (χ0) is 14.7. The van der Waals surface area contributed by atoms with Crippen LogP contribution in [0.2, 0.25) is 0 Å². The normalized spacial score (nSPS) is 13.9. The van der Waals surface area contributed by atoms with E-state index in [2.05, 4.69) is 11.4 Å². The van der Waals surface area contributed by atoms with Crippen LogP contribution in [0.5, 0.6) is 0 Å². The summed E-state index contributed by atoms with van der Waals surface area (Å²) < 4.78 is 37.3. The lowest BCUT2D eigenvalue weighted by Crippen LogP contribution is -2.30. The summed E-state index contributed by atoms with van der Waals surface area (Å²) in [6.45, 7) is 5.95. The van der Waals surface area contributed by atoms with Crippen LogP contribution in [0, 0.1) is 16.7 Å². The first kappa shape index (κ1) is 15.5. The summed E-state index contributed by atoms with van der Waals surface area (Å²) in [6.07, 6.45) is -4.31. The van der Waals surface area contributed by atoms with E-state index in [0.29, 0.717) is 6.54 Å². The fourth-order valence-corrected chi connectivity index (χ4v) is 1.53. The molecular weight excluding hydrogens is 253 g/mol. The lowest BCUT2D eigenvalue weighted by molar-refractivity contribution is -0.137. The van der Waals surface area contributed by atoms with Crippen molar-refractivity contribution in [2.24, 2.45) is 5.41 Å². The van der Waals surface area contributed by atoms with Crippen LogP contribution in [-0.4, -0.2) is 6.54 Å². The van der Waals surface area contributed by atoms with Crippen molar-refractivity contribution in [3.63, 3.8) is 0 Å². The van der Waals surface area contributed by atoms with Gasteiger partial charge in [0.1, 0.15) is 0 Å². The molecule has 0 fully saturated rings. The van der Waals surface area contributed by atoms with E-state index >= 15 is 0 Å². The SMILES string of the molecule is CC(NCC(C)(C)C#N)c1ccc(C(F)(F)F)cc1. The Labute approximate surface area is 111 Å². The molecule has 1 atom stereocenters. The van der Waals surface area contributed by atoms with E-state index in [9.17, 15) is 13.2 Å². The molecule has 0 aliphatic rings. The molecule has 0 aliphatic carbocycles. The molecule has 0 radical (unpaired) electrons. The molecule has 1 N–H and O–H groups in total. The Kier molecular flexibility index (Phi) is 4.59. The first-order valence-corrected chi connectivity index (χ1v) is 5.97. The number of nitrogens with one attached hydrogen (secondary N) is 1. The van der Waals surface area contributed by atoms with Crippen molar-refractivity contribution in [3.8, 4) is 6.07 Å². The first-order chi connectivity index (χ1) is 8.65. The highest BCUT2D eigenvalue weighted by atomic mass is 19.4. The molecule has 0 bridgehead atoms. The van der Waals surface area contributed by atoms with E-state index in [4.69, 9.17) is 5.26 Å². The molecule has 0 saturated heterocycles. The van der Waals surface area contributed by atoms with Crippen LogP contribution in [0.25, 0.3) is 0 Å². The van der Waals surface area contributed by atoms with Gasteiger partial charge in [0.05, 0.1) is 17.0 Å². The zero-order valence-corrected chi connectivity index (χ0v) is 11.2. The highest BCUT2D eigenvalue weighted by molar-refractivity contribution is 5.26. The van der Waals surface area contributed by atoms with Gasteiger partial charge >= 0.3 is 6.18 Å². The number of hydrogen-bond donors (Lipinski definition) is 1. The zero-order valence-electron chi connectivity index (χ0n) is 11.2. The molecule has 5 heteroatoms. The predicted octanol–water partition coefficient (Wildman–Crippen LogP) is 3.91. The number of benzene rings is 1. The van der Waals surface area contributed by atoms with Crippen molar-refractivity contribution in [2.45, 2.75) is 33.0 Å². The molecule has 1 aromatic carbocycles. The van der Waals surface area contributed by atoms with E-state index in [1.54, 1.807) is 13.8 Å². The molecule has 104 valence electrons. The molecular formula is C14H17F3N2. The number of halogens is 3. The van der Waals surface area contributed by atoms with Crippen molar-refractivity contribution < 1.29 is 13.2 Å². The van der Waals surface area contributed by atoms with Crippen molar-refractivity contribution in [1.29, 1.82) is 5.26 Å². The highest BCUT2D eigenvalue weighted by Gasteiger charge is 2.30.